The Labute approximate surface area is 92.5 Å². The van der Waals surface area contributed by atoms with Crippen LogP contribution < -0.4 is 10.2 Å². The van der Waals surface area contributed by atoms with Crippen molar-refractivity contribution in [1.29, 1.82) is 0 Å². The Morgan fingerprint density at radius 1 is 1.53 bits per heavy atom. The van der Waals surface area contributed by atoms with Gasteiger partial charge in [0.15, 0.2) is 0 Å². The van der Waals surface area contributed by atoms with Gasteiger partial charge in [0.25, 0.3) is 0 Å². The molecule has 1 rings (SSSR count). The molecule has 3 nitrogen and oxygen atoms in total. The lowest BCUT2D eigenvalue weighted by Crippen LogP contribution is -2.28. The van der Waals surface area contributed by atoms with Gasteiger partial charge in [0.2, 0.25) is 0 Å². The second kappa shape index (κ2) is 5.59. The molecule has 0 saturated carbocycles. The molecule has 0 aliphatic rings. The largest absolute Gasteiger partial charge is 0.373 e. The Balaban J connectivity index is 2.76. The maximum atomic E-state index is 4.21. The molecule has 0 fully saturated rings. The van der Waals surface area contributed by atoms with E-state index in [0.717, 1.165) is 5.82 Å². The summed E-state index contributed by atoms with van der Waals surface area (Å²) in [7, 11) is 4.02. The van der Waals surface area contributed by atoms with Crippen molar-refractivity contribution in [2.45, 2.75) is 32.7 Å². The molecule has 0 spiro atoms. The van der Waals surface area contributed by atoms with E-state index in [9.17, 15) is 0 Å². The lowest BCUT2D eigenvalue weighted by atomic mass is 10.1. The molecule has 1 heterocycles. The van der Waals surface area contributed by atoms with Gasteiger partial charge >= 0.3 is 0 Å². The van der Waals surface area contributed by atoms with Crippen molar-refractivity contribution in [3.8, 4) is 0 Å². The highest BCUT2D eigenvalue weighted by Gasteiger charge is 2.09. The molecule has 1 atom stereocenters. The van der Waals surface area contributed by atoms with E-state index < -0.39 is 0 Å². The van der Waals surface area contributed by atoms with Gasteiger partial charge in [0.1, 0.15) is 5.82 Å². The zero-order valence-corrected chi connectivity index (χ0v) is 10.1. The number of nitrogens with zero attached hydrogens (tertiary/aromatic N) is 2. The number of aromatic nitrogens is 1. The van der Waals surface area contributed by atoms with Gasteiger partial charge in [-0.15, -0.1) is 0 Å². The molecule has 0 aliphatic carbocycles. The highest BCUT2D eigenvalue weighted by molar-refractivity contribution is 5.53. The van der Waals surface area contributed by atoms with Gasteiger partial charge in [0, 0.05) is 38.1 Å². The maximum absolute atomic E-state index is 4.21. The highest BCUT2D eigenvalue weighted by atomic mass is 15.1. The van der Waals surface area contributed by atoms with Gasteiger partial charge in [-0.3, -0.25) is 0 Å². The standard InChI is InChI=1S/C12H21N3/c1-5-6-10(2)15(4)11-7-8-14-12(9-11)13-3/h7-10H,5-6H2,1-4H3,(H,13,14). The quantitative estimate of drug-likeness (QED) is 0.804. The smallest absolute Gasteiger partial charge is 0.127 e. The second-order valence-corrected chi connectivity index (χ2v) is 3.90. The van der Waals surface area contributed by atoms with Gasteiger partial charge in [-0.2, -0.15) is 0 Å². The summed E-state index contributed by atoms with van der Waals surface area (Å²) in [6, 6.07) is 4.70. The van der Waals surface area contributed by atoms with E-state index in [4.69, 9.17) is 0 Å². The summed E-state index contributed by atoms with van der Waals surface area (Å²) in [6.07, 6.45) is 4.28. The summed E-state index contributed by atoms with van der Waals surface area (Å²) >= 11 is 0. The Morgan fingerprint density at radius 3 is 2.87 bits per heavy atom. The van der Waals surface area contributed by atoms with Crippen LogP contribution in [-0.4, -0.2) is 25.1 Å². The van der Waals surface area contributed by atoms with Crippen LogP contribution in [0.3, 0.4) is 0 Å². The van der Waals surface area contributed by atoms with E-state index in [-0.39, 0.29) is 0 Å². The van der Waals surface area contributed by atoms with Crippen molar-refractivity contribution in [1.82, 2.24) is 4.98 Å². The molecule has 0 saturated heterocycles. The van der Waals surface area contributed by atoms with Crippen LogP contribution in [0, 0.1) is 0 Å². The van der Waals surface area contributed by atoms with Crippen LogP contribution in [0.2, 0.25) is 0 Å². The van der Waals surface area contributed by atoms with Crippen molar-refractivity contribution >= 4 is 11.5 Å². The van der Waals surface area contributed by atoms with Crippen LogP contribution in [0.25, 0.3) is 0 Å². The van der Waals surface area contributed by atoms with Crippen LogP contribution in [0.4, 0.5) is 11.5 Å². The fraction of sp³-hybridized carbons (Fsp3) is 0.583. The third kappa shape index (κ3) is 3.11. The van der Waals surface area contributed by atoms with E-state index in [2.05, 4.69) is 42.2 Å². The first-order valence-corrected chi connectivity index (χ1v) is 5.55. The molecule has 84 valence electrons. The predicted octanol–water partition coefficient (Wildman–Crippen LogP) is 2.75. The summed E-state index contributed by atoms with van der Waals surface area (Å²) in [5.41, 5.74) is 1.22. The highest BCUT2D eigenvalue weighted by Crippen LogP contribution is 2.19. The molecule has 1 aromatic rings. The van der Waals surface area contributed by atoms with Crippen LogP contribution in [0.5, 0.6) is 0 Å². The number of anilines is 2. The van der Waals surface area contributed by atoms with E-state index in [1.807, 2.05) is 19.3 Å². The van der Waals surface area contributed by atoms with Crippen LogP contribution in [0.15, 0.2) is 18.3 Å². The van der Waals surface area contributed by atoms with E-state index in [1.165, 1.54) is 18.5 Å². The molecule has 15 heavy (non-hydrogen) atoms. The van der Waals surface area contributed by atoms with E-state index >= 15 is 0 Å². The number of rotatable bonds is 5. The SMILES string of the molecule is CCCC(C)N(C)c1ccnc(NC)c1. The Kier molecular flexibility index (Phi) is 4.40. The minimum atomic E-state index is 0.571. The van der Waals surface area contributed by atoms with Crippen molar-refractivity contribution in [3.05, 3.63) is 18.3 Å². The molecule has 0 aliphatic heterocycles. The Hall–Kier alpha value is -1.25. The molecule has 1 aromatic heterocycles. The first-order chi connectivity index (χ1) is 7.19. The predicted molar refractivity (Wildman–Crippen MR) is 66.6 cm³/mol. The van der Waals surface area contributed by atoms with Crippen molar-refractivity contribution in [2.24, 2.45) is 0 Å². The average molecular weight is 207 g/mol. The summed E-state index contributed by atoms with van der Waals surface area (Å²) in [5.74, 6) is 0.919. The summed E-state index contributed by atoms with van der Waals surface area (Å²) in [6.45, 7) is 4.47. The van der Waals surface area contributed by atoms with Gasteiger partial charge in [0.05, 0.1) is 0 Å². The molecule has 0 bridgehead atoms. The monoisotopic (exact) mass is 207 g/mol. The molecule has 0 amide bonds. The molecule has 0 aromatic carbocycles. The topological polar surface area (TPSA) is 28.2 Å². The lowest BCUT2D eigenvalue weighted by molar-refractivity contribution is 0.616. The first-order valence-electron chi connectivity index (χ1n) is 5.55. The zero-order valence-electron chi connectivity index (χ0n) is 10.1. The van der Waals surface area contributed by atoms with Crippen LogP contribution in [-0.2, 0) is 0 Å². The van der Waals surface area contributed by atoms with E-state index in [0.29, 0.717) is 6.04 Å². The minimum absolute atomic E-state index is 0.571. The fourth-order valence-corrected chi connectivity index (χ4v) is 1.64. The maximum Gasteiger partial charge on any atom is 0.127 e. The zero-order chi connectivity index (χ0) is 11.3. The molecule has 1 unspecified atom stereocenters. The number of hydrogen-bond donors (Lipinski definition) is 1. The Bertz CT molecular complexity index is 299. The van der Waals surface area contributed by atoms with Crippen LogP contribution >= 0.6 is 0 Å². The number of hydrogen-bond acceptors (Lipinski definition) is 3. The second-order valence-electron chi connectivity index (χ2n) is 3.90. The lowest BCUT2D eigenvalue weighted by Gasteiger charge is -2.26. The number of nitrogens with one attached hydrogen (secondary N) is 1. The fourth-order valence-electron chi connectivity index (χ4n) is 1.64. The molecular weight excluding hydrogens is 186 g/mol. The third-order valence-electron chi connectivity index (χ3n) is 2.77. The summed E-state index contributed by atoms with van der Waals surface area (Å²) in [5, 5.41) is 3.06. The summed E-state index contributed by atoms with van der Waals surface area (Å²) in [4.78, 5) is 6.51. The van der Waals surface area contributed by atoms with Gasteiger partial charge in [-0.05, 0) is 19.4 Å². The van der Waals surface area contributed by atoms with Crippen molar-refractivity contribution in [3.63, 3.8) is 0 Å². The van der Waals surface area contributed by atoms with Crippen molar-refractivity contribution in [2.75, 3.05) is 24.3 Å². The third-order valence-corrected chi connectivity index (χ3v) is 2.77. The van der Waals surface area contributed by atoms with Gasteiger partial charge in [-0.25, -0.2) is 4.98 Å². The molecular formula is C12H21N3. The Morgan fingerprint density at radius 2 is 2.27 bits per heavy atom. The van der Waals surface area contributed by atoms with Crippen LogP contribution in [0.1, 0.15) is 26.7 Å². The normalized spacial score (nSPS) is 12.3. The molecule has 1 N–H and O–H groups in total. The first kappa shape index (κ1) is 11.8. The van der Waals surface area contributed by atoms with Gasteiger partial charge in [-0.1, -0.05) is 13.3 Å². The van der Waals surface area contributed by atoms with Gasteiger partial charge < -0.3 is 10.2 Å². The minimum Gasteiger partial charge on any atom is -0.373 e. The molecule has 0 radical (unpaired) electrons. The van der Waals surface area contributed by atoms with Crippen molar-refractivity contribution < 1.29 is 0 Å². The molecule has 3 heteroatoms. The average Bonchev–Trinajstić information content (AvgIpc) is 2.28. The number of pyridine rings is 1. The van der Waals surface area contributed by atoms with E-state index in [1.54, 1.807) is 0 Å². The summed E-state index contributed by atoms with van der Waals surface area (Å²) < 4.78 is 0.